The number of nitrogens with one attached hydrogen (secondary N) is 1. The molecule has 6 heteroatoms. The zero-order chi connectivity index (χ0) is 22.6. The maximum absolute atomic E-state index is 12.5. The number of hydrazone groups is 1. The molecule has 0 radical (unpaired) electrons. The second kappa shape index (κ2) is 9.30. The smallest absolute Gasteiger partial charge is 0.307 e. The number of carbonyl (C=O) groups is 1. The molecule has 2 heterocycles. The molecule has 5 nitrogen and oxygen atoms in total. The van der Waals surface area contributed by atoms with Crippen molar-refractivity contribution in [3.63, 3.8) is 0 Å². The van der Waals surface area contributed by atoms with Crippen LogP contribution in [0.1, 0.15) is 21.7 Å². The van der Waals surface area contributed by atoms with Gasteiger partial charge in [0.15, 0.2) is 5.76 Å². The Bertz CT molecular complexity index is 1430. The number of carbonyl (C=O) groups excluding carboxylic acids is 1. The fourth-order valence-electron chi connectivity index (χ4n) is 3.73. The van der Waals surface area contributed by atoms with Crippen LogP contribution in [0.3, 0.4) is 0 Å². The van der Waals surface area contributed by atoms with Crippen molar-refractivity contribution < 1.29 is 9.21 Å². The van der Waals surface area contributed by atoms with Gasteiger partial charge in [-0.25, -0.2) is 5.43 Å². The van der Waals surface area contributed by atoms with Gasteiger partial charge in [0.2, 0.25) is 0 Å². The summed E-state index contributed by atoms with van der Waals surface area (Å²) in [6, 6.07) is 29.6. The Morgan fingerprint density at radius 1 is 0.939 bits per heavy atom. The predicted octanol–water partition coefficient (Wildman–Crippen LogP) is 6.48. The Morgan fingerprint density at radius 3 is 2.52 bits per heavy atom. The topological polar surface area (TPSA) is 59.5 Å². The lowest BCUT2D eigenvalue weighted by atomic mass is 10.2. The summed E-state index contributed by atoms with van der Waals surface area (Å²) in [7, 11) is 0. The van der Waals surface area contributed by atoms with Gasteiger partial charge in [-0.2, -0.15) is 5.10 Å². The minimum absolute atomic E-state index is 0.205. The van der Waals surface area contributed by atoms with Crippen molar-refractivity contribution in [2.45, 2.75) is 6.54 Å². The van der Waals surface area contributed by atoms with E-state index in [0.717, 1.165) is 33.0 Å². The van der Waals surface area contributed by atoms with Gasteiger partial charge in [-0.05, 0) is 35.9 Å². The molecule has 0 aliphatic carbocycles. The monoisotopic (exact) mass is 497 g/mol. The maximum Gasteiger partial charge on any atom is 0.307 e. The van der Waals surface area contributed by atoms with E-state index in [1.165, 1.54) is 5.56 Å². The third kappa shape index (κ3) is 4.66. The number of benzene rings is 3. The molecule has 0 aliphatic rings. The van der Waals surface area contributed by atoms with Crippen LogP contribution in [0.5, 0.6) is 0 Å². The zero-order valence-corrected chi connectivity index (χ0v) is 19.2. The number of hydrogen-bond donors (Lipinski definition) is 1. The number of fused-ring (bicyclic) bond motifs is 1. The number of hydrogen-bond acceptors (Lipinski definition) is 3. The van der Waals surface area contributed by atoms with Gasteiger partial charge in [-0.1, -0.05) is 76.6 Å². The Kier molecular flexibility index (Phi) is 5.91. The third-order valence-electron chi connectivity index (χ3n) is 5.34. The van der Waals surface area contributed by atoms with Gasteiger partial charge < -0.3 is 8.98 Å². The summed E-state index contributed by atoms with van der Waals surface area (Å²) in [6.07, 6.45) is 3.71. The molecule has 0 bridgehead atoms. The molecule has 1 amide bonds. The highest BCUT2D eigenvalue weighted by Crippen LogP contribution is 2.24. The highest BCUT2D eigenvalue weighted by Gasteiger charge is 2.12. The molecule has 33 heavy (non-hydrogen) atoms. The van der Waals surface area contributed by atoms with Crippen molar-refractivity contribution in [1.82, 2.24) is 9.99 Å². The fourth-order valence-corrected chi connectivity index (χ4v) is 4.00. The molecule has 5 rings (SSSR count). The Labute approximate surface area is 199 Å². The fraction of sp³-hybridized carbons (Fsp3) is 0.0370. The first-order valence-electron chi connectivity index (χ1n) is 10.5. The SMILES string of the molecule is O=C(NN=Cc1cn(Cc2ccccc2)c2ccccc12)c1ccc(-c2ccc(Br)cc2)o1. The molecule has 3 aromatic carbocycles. The van der Waals surface area contributed by atoms with Gasteiger partial charge in [-0.3, -0.25) is 4.79 Å². The van der Waals surface area contributed by atoms with Crippen LogP contribution in [-0.2, 0) is 6.54 Å². The van der Waals surface area contributed by atoms with Gasteiger partial charge in [0.05, 0.1) is 6.21 Å². The lowest BCUT2D eigenvalue weighted by Gasteiger charge is -2.05. The first-order chi connectivity index (χ1) is 16.2. The number of furan rings is 1. The second-order valence-electron chi connectivity index (χ2n) is 7.59. The van der Waals surface area contributed by atoms with Crippen LogP contribution in [0, 0.1) is 0 Å². The molecule has 0 saturated carbocycles. The maximum atomic E-state index is 12.5. The first kappa shape index (κ1) is 21.0. The van der Waals surface area contributed by atoms with Crippen molar-refractivity contribution in [2.24, 2.45) is 5.10 Å². The van der Waals surface area contributed by atoms with Crippen LogP contribution in [0.4, 0.5) is 0 Å². The van der Waals surface area contributed by atoms with E-state index in [0.29, 0.717) is 5.76 Å². The highest BCUT2D eigenvalue weighted by molar-refractivity contribution is 9.10. The first-order valence-corrected chi connectivity index (χ1v) is 11.3. The summed E-state index contributed by atoms with van der Waals surface area (Å²) < 4.78 is 8.88. The molecule has 0 spiro atoms. The van der Waals surface area contributed by atoms with E-state index in [1.807, 2.05) is 60.8 Å². The van der Waals surface area contributed by atoms with Gasteiger partial charge in [-0.15, -0.1) is 0 Å². The van der Waals surface area contributed by atoms with Crippen LogP contribution in [0.25, 0.3) is 22.2 Å². The average Bonchev–Trinajstić information content (AvgIpc) is 3.47. The van der Waals surface area contributed by atoms with E-state index >= 15 is 0 Å². The molecule has 0 aliphatic heterocycles. The standard InChI is InChI=1S/C27H20BrN3O2/c28-22-12-10-20(11-13-22)25-14-15-26(33-25)27(32)30-29-16-21-18-31(17-19-6-2-1-3-7-19)24-9-5-4-8-23(21)24/h1-16,18H,17H2,(H,30,32). The Morgan fingerprint density at radius 2 is 1.70 bits per heavy atom. The van der Waals surface area contributed by atoms with E-state index in [9.17, 15) is 4.79 Å². The van der Waals surface area contributed by atoms with Crippen molar-refractivity contribution in [2.75, 3.05) is 0 Å². The van der Waals surface area contributed by atoms with E-state index < -0.39 is 5.91 Å². The molecular formula is C27H20BrN3O2. The van der Waals surface area contributed by atoms with Crippen molar-refractivity contribution in [1.29, 1.82) is 0 Å². The normalized spacial score (nSPS) is 11.3. The number of rotatable bonds is 6. The van der Waals surface area contributed by atoms with E-state index in [1.54, 1.807) is 18.3 Å². The molecule has 0 saturated heterocycles. The zero-order valence-electron chi connectivity index (χ0n) is 17.6. The summed E-state index contributed by atoms with van der Waals surface area (Å²) in [6.45, 7) is 0.757. The lowest BCUT2D eigenvalue weighted by molar-refractivity contribution is 0.0928. The number of nitrogens with zero attached hydrogens (tertiary/aromatic N) is 2. The predicted molar refractivity (Wildman–Crippen MR) is 134 cm³/mol. The molecule has 162 valence electrons. The second-order valence-corrected chi connectivity index (χ2v) is 8.50. The Balaban J connectivity index is 1.32. The summed E-state index contributed by atoms with van der Waals surface area (Å²) in [5.74, 6) is 0.430. The molecule has 0 atom stereocenters. The summed E-state index contributed by atoms with van der Waals surface area (Å²) >= 11 is 3.41. The van der Waals surface area contributed by atoms with Crippen LogP contribution >= 0.6 is 15.9 Å². The van der Waals surface area contributed by atoms with Crippen LogP contribution in [0.15, 0.2) is 111 Å². The third-order valence-corrected chi connectivity index (χ3v) is 5.87. The van der Waals surface area contributed by atoms with E-state index in [2.05, 4.69) is 55.3 Å². The minimum atomic E-state index is -0.400. The quantitative estimate of drug-likeness (QED) is 0.215. The number of halogens is 1. The number of aromatic nitrogens is 1. The van der Waals surface area contributed by atoms with Gasteiger partial charge in [0, 0.05) is 39.2 Å². The van der Waals surface area contributed by atoms with Crippen LogP contribution in [0.2, 0.25) is 0 Å². The van der Waals surface area contributed by atoms with E-state index in [4.69, 9.17) is 4.42 Å². The Hall–Kier alpha value is -3.90. The molecule has 1 N–H and O–H groups in total. The van der Waals surface area contributed by atoms with Crippen molar-refractivity contribution in [3.8, 4) is 11.3 Å². The molecular weight excluding hydrogens is 478 g/mol. The van der Waals surface area contributed by atoms with Crippen LogP contribution in [-0.4, -0.2) is 16.7 Å². The highest BCUT2D eigenvalue weighted by atomic mass is 79.9. The molecule has 5 aromatic rings. The van der Waals surface area contributed by atoms with Crippen molar-refractivity contribution in [3.05, 3.63) is 119 Å². The molecule has 2 aromatic heterocycles. The molecule has 0 unspecified atom stereocenters. The lowest BCUT2D eigenvalue weighted by Crippen LogP contribution is -2.16. The largest absolute Gasteiger partial charge is 0.451 e. The number of amides is 1. The van der Waals surface area contributed by atoms with Gasteiger partial charge in [0.25, 0.3) is 0 Å². The van der Waals surface area contributed by atoms with Crippen molar-refractivity contribution >= 4 is 39.0 Å². The molecule has 0 fully saturated rings. The van der Waals surface area contributed by atoms with Crippen LogP contribution < -0.4 is 5.43 Å². The van der Waals surface area contributed by atoms with Gasteiger partial charge >= 0.3 is 5.91 Å². The van der Waals surface area contributed by atoms with Gasteiger partial charge in [0.1, 0.15) is 5.76 Å². The summed E-state index contributed by atoms with van der Waals surface area (Å²) in [5.41, 5.74) is 6.72. The van der Waals surface area contributed by atoms with E-state index in [-0.39, 0.29) is 5.76 Å². The number of para-hydroxylation sites is 1. The minimum Gasteiger partial charge on any atom is -0.451 e. The summed E-state index contributed by atoms with van der Waals surface area (Å²) in [5, 5.41) is 5.25. The summed E-state index contributed by atoms with van der Waals surface area (Å²) in [4.78, 5) is 12.5. The average molecular weight is 498 g/mol.